The minimum atomic E-state index is 0.367. The van der Waals surface area contributed by atoms with E-state index in [4.69, 9.17) is 5.11 Å². The van der Waals surface area contributed by atoms with E-state index in [9.17, 15) is 0 Å². The van der Waals surface area contributed by atoms with E-state index < -0.39 is 0 Å². The van der Waals surface area contributed by atoms with Gasteiger partial charge in [-0.2, -0.15) is 0 Å². The van der Waals surface area contributed by atoms with Crippen LogP contribution in [-0.4, -0.2) is 42.4 Å². The normalized spacial score (nSPS) is 21.0. The maximum Gasteiger partial charge on any atom is 0.0786 e. The lowest BCUT2D eigenvalue weighted by atomic mass is 10.1. The summed E-state index contributed by atoms with van der Waals surface area (Å²) in [6.45, 7) is 8.14. The Balaban J connectivity index is 2.22. The molecule has 0 saturated carbocycles. The Morgan fingerprint density at radius 3 is 2.29 bits per heavy atom. The minimum Gasteiger partial charge on any atom is -0.396 e. The van der Waals surface area contributed by atoms with E-state index in [2.05, 4.69) is 6.92 Å². The number of hydrogen-bond donors (Lipinski definition) is 1. The van der Waals surface area contributed by atoms with E-state index in [0.29, 0.717) is 6.61 Å². The minimum absolute atomic E-state index is 0.367. The van der Waals surface area contributed by atoms with E-state index in [1.54, 1.807) is 0 Å². The summed E-state index contributed by atoms with van der Waals surface area (Å²) < 4.78 is 1.35. The van der Waals surface area contributed by atoms with Gasteiger partial charge >= 0.3 is 0 Å². The third-order valence-electron chi connectivity index (χ3n) is 3.73. The molecule has 0 spiro atoms. The molecule has 84 valence electrons. The maximum atomic E-state index is 8.72. The first-order chi connectivity index (χ1) is 6.83. The van der Waals surface area contributed by atoms with Crippen molar-refractivity contribution in [3.05, 3.63) is 0 Å². The van der Waals surface area contributed by atoms with Gasteiger partial charge in [-0.3, -0.25) is 0 Å². The van der Waals surface area contributed by atoms with Crippen LogP contribution in [0.25, 0.3) is 0 Å². The highest BCUT2D eigenvalue weighted by atomic mass is 16.2. The molecule has 0 amide bonds. The standard InChI is InChI=1S/C12H26NO/c1-2-13(9-5-3-6-10-13)11-7-4-8-12-14/h14H,2-12H2,1H3/q+1. The summed E-state index contributed by atoms with van der Waals surface area (Å²) in [5.74, 6) is 0. The van der Waals surface area contributed by atoms with Gasteiger partial charge in [-0.15, -0.1) is 0 Å². The molecule has 0 bridgehead atoms. The van der Waals surface area contributed by atoms with Crippen LogP contribution in [0.5, 0.6) is 0 Å². The zero-order valence-corrected chi connectivity index (χ0v) is 9.67. The van der Waals surface area contributed by atoms with Crippen LogP contribution < -0.4 is 0 Å². The van der Waals surface area contributed by atoms with Gasteiger partial charge in [0.1, 0.15) is 0 Å². The Morgan fingerprint density at radius 1 is 1.00 bits per heavy atom. The molecule has 2 nitrogen and oxygen atoms in total. The topological polar surface area (TPSA) is 20.2 Å². The van der Waals surface area contributed by atoms with Crippen molar-refractivity contribution in [1.29, 1.82) is 0 Å². The summed E-state index contributed by atoms with van der Waals surface area (Å²) in [5.41, 5.74) is 0. The lowest BCUT2D eigenvalue weighted by Gasteiger charge is -2.41. The molecular weight excluding hydrogens is 174 g/mol. The Hall–Kier alpha value is -0.0800. The fourth-order valence-corrected chi connectivity index (χ4v) is 2.62. The molecule has 0 radical (unpaired) electrons. The molecule has 0 aliphatic carbocycles. The Morgan fingerprint density at radius 2 is 1.71 bits per heavy atom. The van der Waals surface area contributed by atoms with Gasteiger partial charge in [0.25, 0.3) is 0 Å². The lowest BCUT2D eigenvalue weighted by Crippen LogP contribution is -2.51. The number of nitrogens with zero attached hydrogens (tertiary/aromatic N) is 1. The van der Waals surface area contributed by atoms with Crippen molar-refractivity contribution in [2.24, 2.45) is 0 Å². The van der Waals surface area contributed by atoms with Gasteiger partial charge in [0, 0.05) is 6.61 Å². The zero-order valence-electron chi connectivity index (χ0n) is 9.67. The molecule has 1 aliphatic heterocycles. The summed E-state index contributed by atoms with van der Waals surface area (Å²) in [6, 6.07) is 0. The van der Waals surface area contributed by atoms with Crippen LogP contribution in [0, 0.1) is 0 Å². The van der Waals surface area contributed by atoms with Crippen LogP contribution in [0.3, 0.4) is 0 Å². The summed E-state index contributed by atoms with van der Waals surface area (Å²) >= 11 is 0. The van der Waals surface area contributed by atoms with E-state index in [1.165, 1.54) is 62.8 Å². The van der Waals surface area contributed by atoms with Crippen molar-refractivity contribution in [1.82, 2.24) is 0 Å². The Bertz CT molecular complexity index is 141. The number of quaternary nitrogens is 1. The molecule has 0 aromatic carbocycles. The smallest absolute Gasteiger partial charge is 0.0786 e. The Kier molecular flexibility index (Phi) is 5.49. The average molecular weight is 200 g/mol. The molecule has 1 saturated heterocycles. The molecule has 0 unspecified atom stereocenters. The van der Waals surface area contributed by atoms with Gasteiger partial charge in [-0.05, 0) is 45.4 Å². The second-order valence-electron chi connectivity index (χ2n) is 4.67. The number of hydrogen-bond acceptors (Lipinski definition) is 1. The molecule has 1 fully saturated rings. The van der Waals surface area contributed by atoms with Crippen molar-refractivity contribution < 1.29 is 9.59 Å². The predicted octanol–water partition coefficient (Wildman–Crippen LogP) is 2.17. The van der Waals surface area contributed by atoms with Crippen molar-refractivity contribution in [2.45, 2.75) is 45.4 Å². The second-order valence-corrected chi connectivity index (χ2v) is 4.67. The van der Waals surface area contributed by atoms with Crippen LogP contribution in [0.15, 0.2) is 0 Å². The number of piperidine rings is 1. The number of aliphatic hydroxyl groups is 1. The fraction of sp³-hybridized carbons (Fsp3) is 1.00. The first-order valence-electron chi connectivity index (χ1n) is 6.29. The average Bonchev–Trinajstić information content (AvgIpc) is 2.26. The molecular formula is C12H26NO+. The summed E-state index contributed by atoms with van der Waals surface area (Å²) in [7, 11) is 0. The maximum absolute atomic E-state index is 8.72. The molecule has 1 heterocycles. The highest BCUT2D eigenvalue weighted by molar-refractivity contribution is 4.54. The SMILES string of the molecule is CC[N+]1(CCCCCO)CCCCC1. The molecule has 1 aliphatic rings. The highest BCUT2D eigenvalue weighted by Crippen LogP contribution is 2.19. The van der Waals surface area contributed by atoms with Crippen LogP contribution in [0.4, 0.5) is 0 Å². The fourth-order valence-electron chi connectivity index (χ4n) is 2.62. The first kappa shape index (κ1) is 12.0. The van der Waals surface area contributed by atoms with Gasteiger partial charge in [-0.25, -0.2) is 0 Å². The third-order valence-corrected chi connectivity index (χ3v) is 3.73. The third kappa shape index (κ3) is 3.58. The predicted molar refractivity (Wildman–Crippen MR) is 60.2 cm³/mol. The quantitative estimate of drug-likeness (QED) is 0.514. The monoisotopic (exact) mass is 200 g/mol. The van der Waals surface area contributed by atoms with Crippen LogP contribution in [-0.2, 0) is 0 Å². The summed E-state index contributed by atoms with van der Waals surface area (Å²) in [4.78, 5) is 0. The number of aliphatic hydroxyl groups excluding tert-OH is 1. The van der Waals surface area contributed by atoms with Crippen molar-refractivity contribution in [2.75, 3.05) is 32.8 Å². The summed E-state index contributed by atoms with van der Waals surface area (Å²) in [5, 5.41) is 8.72. The van der Waals surface area contributed by atoms with E-state index >= 15 is 0 Å². The Labute approximate surface area is 88.5 Å². The van der Waals surface area contributed by atoms with Gasteiger partial charge in [0.15, 0.2) is 0 Å². The van der Waals surface area contributed by atoms with Crippen molar-refractivity contribution in [3.63, 3.8) is 0 Å². The van der Waals surface area contributed by atoms with Crippen molar-refractivity contribution >= 4 is 0 Å². The zero-order chi connectivity index (χ0) is 10.3. The highest BCUT2D eigenvalue weighted by Gasteiger charge is 2.26. The summed E-state index contributed by atoms with van der Waals surface area (Å²) in [6.07, 6.45) is 7.78. The van der Waals surface area contributed by atoms with Crippen LogP contribution in [0.2, 0.25) is 0 Å². The largest absolute Gasteiger partial charge is 0.396 e. The number of unbranched alkanes of at least 4 members (excludes halogenated alkanes) is 2. The van der Waals surface area contributed by atoms with E-state index in [0.717, 1.165) is 6.42 Å². The van der Waals surface area contributed by atoms with Crippen molar-refractivity contribution in [3.8, 4) is 0 Å². The molecule has 0 aromatic rings. The van der Waals surface area contributed by atoms with Gasteiger partial charge in [0.2, 0.25) is 0 Å². The van der Waals surface area contributed by atoms with E-state index in [1.807, 2.05) is 0 Å². The van der Waals surface area contributed by atoms with Gasteiger partial charge in [0.05, 0.1) is 26.2 Å². The van der Waals surface area contributed by atoms with Crippen LogP contribution >= 0.6 is 0 Å². The molecule has 0 aromatic heterocycles. The number of likely N-dealkylation sites (tertiary alicyclic amines) is 1. The molecule has 1 N–H and O–H groups in total. The lowest BCUT2D eigenvalue weighted by molar-refractivity contribution is -0.931. The van der Waals surface area contributed by atoms with Gasteiger partial charge < -0.3 is 9.59 Å². The second kappa shape index (κ2) is 6.41. The molecule has 1 rings (SSSR count). The van der Waals surface area contributed by atoms with E-state index in [-0.39, 0.29) is 0 Å². The molecule has 0 atom stereocenters. The van der Waals surface area contributed by atoms with Gasteiger partial charge in [-0.1, -0.05) is 0 Å². The first-order valence-corrected chi connectivity index (χ1v) is 6.29. The van der Waals surface area contributed by atoms with Crippen LogP contribution in [0.1, 0.15) is 45.4 Å². The number of rotatable bonds is 6. The molecule has 14 heavy (non-hydrogen) atoms. The molecule has 2 heteroatoms.